The maximum atomic E-state index is 11.5. The van der Waals surface area contributed by atoms with Gasteiger partial charge in [0.15, 0.2) is 6.10 Å². The normalized spacial score (nSPS) is 12.7. The van der Waals surface area contributed by atoms with Gasteiger partial charge in [-0.05, 0) is 13.8 Å². The van der Waals surface area contributed by atoms with E-state index in [9.17, 15) is 9.59 Å². The molecule has 0 spiro atoms. The van der Waals surface area contributed by atoms with Crippen molar-refractivity contribution < 1.29 is 23.8 Å². The minimum Gasteiger partial charge on any atom is -0.463 e. The van der Waals surface area contributed by atoms with E-state index in [0.717, 1.165) is 0 Å². The van der Waals surface area contributed by atoms with Crippen molar-refractivity contribution in [2.75, 3.05) is 6.61 Å². The number of nitriles is 1. The fourth-order valence-corrected chi connectivity index (χ4v) is 1.37. The molecular weight excluding hydrogens is 262 g/mol. The molecule has 6 heteroatoms. The van der Waals surface area contributed by atoms with E-state index in [0.29, 0.717) is 5.56 Å². The first-order chi connectivity index (χ1) is 9.58. The minimum atomic E-state index is -1.10. The van der Waals surface area contributed by atoms with Gasteiger partial charge in [-0.15, -0.1) is 0 Å². The van der Waals surface area contributed by atoms with Crippen LogP contribution < -0.4 is 0 Å². The van der Waals surface area contributed by atoms with Crippen LogP contribution >= 0.6 is 0 Å². The lowest BCUT2D eigenvalue weighted by Crippen LogP contribution is -2.27. The summed E-state index contributed by atoms with van der Waals surface area (Å²) in [5.74, 6) is -0.669. The average molecular weight is 277 g/mol. The number of carbonyl (C=O) groups is 2. The summed E-state index contributed by atoms with van der Waals surface area (Å²) in [5.41, 5.74) is 0.524. The number of ether oxygens (including phenoxy) is 3. The van der Waals surface area contributed by atoms with Gasteiger partial charge in [0.2, 0.25) is 6.10 Å². The van der Waals surface area contributed by atoms with Crippen molar-refractivity contribution >= 4 is 12.1 Å². The Morgan fingerprint density at radius 1 is 1.25 bits per heavy atom. The Bertz CT molecular complexity index is 494. The Labute approximate surface area is 116 Å². The molecule has 0 saturated heterocycles. The molecule has 0 radical (unpaired) electrons. The number of hydrogen-bond acceptors (Lipinski definition) is 6. The molecule has 1 aromatic carbocycles. The molecule has 20 heavy (non-hydrogen) atoms. The zero-order chi connectivity index (χ0) is 15.0. The molecule has 0 N–H and O–H groups in total. The third kappa shape index (κ3) is 4.61. The van der Waals surface area contributed by atoms with Crippen LogP contribution in [0.1, 0.15) is 25.5 Å². The zero-order valence-corrected chi connectivity index (χ0v) is 11.2. The largest absolute Gasteiger partial charge is 0.510 e. The summed E-state index contributed by atoms with van der Waals surface area (Å²) in [6, 6.07) is 10.3. The third-order valence-electron chi connectivity index (χ3n) is 2.33. The van der Waals surface area contributed by atoms with E-state index >= 15 is 0 Å². The van der Waals surface area contributed by atoms with Crippen molar-refractivity contribution in [1.82, 2.24) is 0 Å². The second-order valence-corrected chi connectivity index (χ2v) is 3.80. The molecule has 0 saturated carbocycles. The maximum absolute atomic E-state index is 11.5. The van der Waals surface area contributed by atoms with Gasteiger partial charge < -0.3 is 14.2 Å². The number of esters is 1. The topological polar surface area (TPSA) is 85.6 Å². The summed E-state index contributed by atoms with van der Waals surface area (Å²) in [4.78, 5) is 22.8. The van der Waals surface area contributed by atoms with Crippen molar-refractivity contribution in [3.05, 3.63) is 35.9 Å². The molecule has 0 fully saturated rings. The summed E-state index contributed by atoms with van der Waals surface area (Å²) in [5, 5.41) is 8.98. The molecule has 2 atom stereocenters. The van der Waals surface area contributed by atoms with Gasteiger partial charge >= 0.3 is 12.1 Å². The van der Waals surface area contributed by atoms with Crippen molar-refractivity contribution in [1.29, 1.82) is 5.26 Å². The maximum Gasteiger partial charge on any atom is 0.510 e. The molecule has 0 unspecified atom stereocenters. The van der Waals surface area contributed by atoms with Crippen LogP contribution in [-0.4, -0.2) is 24.8 Å². The van der Waals surface area contributed by atoms with E-state index in [4.69, 9.17) is 14.7 Å². The molecule has 106 valence electrons. The molecule has 0 aliphatic rings. The van der Waals surface area contributed by atoms with Gasteiger partial charge in [-0.1, -0.05) is 30.3 Å². The van der Waals surface area contributed by atoms with Crippen molar-refractivity contribution in [2.24, 2.45) is 0 Å². The number of nitrogens with zero attached hydrogens (tertiary/aromatic N) is 1. The average Bonchev–Trinajstić information content (AvgIpc) is 2.45. The van der Waals surface area contributed by atoms with Crippen LogP contribution in [0.3, 0.4) is 0 Å². The van der Waals surface area contributed by atoms with Gasteiger partial charge in [0.25, 0.3) is 0 Å². The van der Waals surface area contributed by atoms with Gasteiger partial charge in [-0.2, -0.15) is 5.26 Å². The fraction of sp³-hybridized carbons (Fsp3) is 0.357. The predicted octanol–water partition coefficient (Wildman–Crippen LogP) is 2.36. The molecule has 1 aromatic rings. The SMILES string of the molecule is CCOC(=O)[C@@H](C)OC(=O)O[C@@H](C#N)c1ccccc1. The lowest BCUT2D eigenvalue weighted by Gasteiger charge is -2.14. The highest BCUT2D eigenvalue weighted by molar-refractivity contribution is 5.77. The molecule has 0 aliphatic heterocycles. The standard InChI is InChI=1S/C14H15NO5/c1-3-18-13(16)10(2)19-14(17)20-12(9-15)11-7-5-4-6-8-11/h4-8,10,12H,3H2,1-2H3/t10-,12+/m1/s1. The fourth-order valence-electron chi connectivity index (χ4n) is 1.37. The molecule has 6 nitrogen and oxygen atoms in total. The van der Waals surface area contributed by atoms with E-state index in [2.05, 4.69) is 4.74 Å². The Kier molecular flexibility index (Phi) is 6.04. The first-order valence-corrected chi connectivity index (χ1v) is 6.07. The van der Waals surface area contributed by atoms with E-state index in [1.807, 2.05) is 6.07 Å². The monoisotopic (exact) mass is 277 g/mol. The quantitative estimate of drug-likeness (QED) is 0.768. The highest BCUT2D eigenvalue weighted by Crippen LogP contribution is 2.17. The summed E-state index contributed by atoms with van der Waals surface area (Å²) in [7, 11) is 0. The van der Waals surface area contributed by atoms with Crippen LogP contribution in [0.15, 0.2) is 30.3 Å². The molecule has 0 aliphatic carbocycles. The Hall–Kier alpha value is -2.55. The van der Waals surface area contributed by atoms with Gasteiger partial charge in [-0.3, -0.25) is 0 Å². The smallest absolute Gasteiger partial charge is 0.463 e. The van der Waals surface area contributed by atoms with Crippen molar-refractivity contribution in [3.63, 3.8) is 0 Å². The first-order valence-electron chi connectivity index (χ1n) is 6.07. The Morgan fingerprint density at radius 3 is 2.45 bits per heavy atom. The highest BCUT2D eigenvalue weighted by atomic mass is 16.7. The molecule has 0 bridgehead atoms. The number of hydrogen-bond donors (Lipinski definition) is 0. The lowest BCUT2D eigenvalue weighted by atomic mass is 10.1. The van der Waals surface area contributed by atoms with Gasteiger partial charge in [0.05, 0.1) is 6.61 Å². The van der Waals surface area contributed by atoms with E-state index in [1.165, 1.54) is 6.92 Å². The van der Waals surface area contributed by atoms with Gasteiger partial charge in [-0.25, -0.2) is 9.59 Å². The van der Waals surface area contributed by atoms with Crippen LogP contribution in [0.2, 0.25) is 0 Å². The van der Waals surface area contributed by atoms with E-state index < -0.39 is 24.3 Å². The van der Waals surface area contributed by atoms with Crippen LogP contribution in [0, 0.1) is 11.3 Å². The first kappa shape index (κ1) is 15.5. The molecule has 1 rings (SSSR count). The summed E-state index contributed by atoms with van der Waals surface area (Å²) >= 11 is 0. The van der Waals surface area contributed by atoms with Crippen LogP contribution in [0.5, 0.6) is 0 Å². The molecular formula is C14H15NO5. The van der Waals surface area contributed by atoms with Gasteiger partial charge in [0.1, 0.15) is 6.07 Å². The van der Waals surface area contributed by atoms with Crippen molar-refractivity contribution in [2.45, 2.75) is 26.1 Å². The predicted molar refractivity (Wildman–Crippen MR) is 68.5 cm³/mol. The number of rotatable bonds is 5. The third-order valence-corrected chi connectivity index (χ3v) is 2.33. The molecule has 0 heterocycles. The summed E-state index contributed by atoms with van der Waals surface area (Å²) < 4.78 is 14.3. The van der Waals surface area contributed by atoms with E-state index in [1.54, 1.807) is 37.3 Å². The van der Waals surface area contributed by atoms with Crippen LogP contribution in [-0.2, 0) is 19.0 Å². The number of benzene rings is 1. The summed E-state index contributed by atoms with van der Waals surface area (Å²) in [6.45, 7) is 3.19. The van der Waals surface area contributed by atoms with Crippen molar-refractivity contribution in [3.8, 4) is 6.07 Å². The van der Waals surface area contributed by atoms with E-state index in [-0.39, 0.29) is 6.61 Å². The van der Waals surface area contributed by atoms with Crippen LogP contribution in [0.4, 0.5) is 4.79 Å². The second-order valence-electron chi connectivity index (χ2n) is 3.80. The lowest BCUT2D eigenvalue weighted by molar-refractivity contribution is -0.153. The molecule has 0 amide bonds. The minimum absolute atomic E-state index is 0.187. The highest BCUT2D eigenvalue weighted by Gasteiger charge is 2.23. The number of carbonyl (C=O) groups excluding carboxylic acids is 2. The molecule has 0 aromatic heterocycles. The van der Waals surface area contributed by atoms with Crippen LogP contribution in [0.25, 0.3) is 0 Å². The Balaban J connectivity index is 2.57. The zero-order valence-electron chi connectivity index (χ0n) is 11.2. The second kappa shape index (κ2) is 7.79. The van der Waals surface area contributed by atoms with Gasteiger partial charge in [0, 0.05) is 5.56 Å². The summed E-state index contributed by atoms with van der Waals surface area (Å²) in [6.07, 6.45) is -3.27. The Morgan fingerprint density at radius 2 is 1.90 bits per heavy atom.